The number of thioether (sulfide) groups is 1. The maximum atomic E-state index is 5.85. The van der Waals surface area contributed by atoms with E-state index in [1.807, 2.05) is 29.8 Å². The van der Waals surface area contributed by atoms with Gasteiger partial charge in [0, 0.05) is 12.8 Å². The van der Waals surface area contributed by atoms with E-state index in [0.717, 1.165) is 16.5 Å². The first-order valence-electron chi connectivity index (χ1n) is 4.67. The Morgan fingerprint density at radius 3 is 2.94 bits per heavy atom. The molecule has 0 bridgehead atoms. The molecule has 1 aromatic heterocycles. The first-order valence-corrected chi connectivity index (χ1v) is 6.04. The van der Waals surface area contributed by atoms with Gasteiger partial charge in [-0.2, -0.15) is 0 Å². The summed E-state index contributed by atoms with van der Waals surface area (Å²) in [4.78, 5) is 0. The Morgan fingerprint density at radius 1 is 1.50 bits per heavy atom. The number of aryl methyl sites for hydroxylation is 1. The van der Waals surface area contributed by atoms with E-state index in [4.69, 9.17) is 17.3 Å². The minimum absolute atomic E-state index is 0.590. The van der Waals surface area contributed by atoms with E-state index < -0.39 is 0 Å². The lowest BCUT2D eigenvalue weighted by Crippen LogP contribution is -1.91. The van der Waals surface area contributed by atoms with Crippen molar-refractivity contribution in [2.24, 2.45) is 7.05 Å². The molecular weight excluding hydrogens is 244 g/mol. The predicted molar refractivity (Wildman–Crippen MR) is 66.4 cm³/mol. The molecule has 2 rings (SSSR count). The van der Waals surface area contributed by atoms with Crippen molar-refractivity contribution < 1.29 is 0 Å². The average molecular weight is 255 g/mol. The van der Waals surface area contributed by atoms with Crippen molar-refractivity contribution in [3.05, 3.63) is 35.1 Å². The van der Waals surface area contributed by atoms with Crippen LogP contribution >= 0.6 is 23.4 Å². The van der Waals surface area contributed by atoms with Crippen LogP contribution < -0.4 is 5.73 Å². The molecule has 1 heterocycles. The van der Waals surface area contributed by atoms with Crippen molar-refractivity contribution in [1.29, 1.82) is 0 Å². The molecule has 2 N–H and O–H groups in total. The Kier molecular flexibility index (Phi) is 3.36. The summed E-state index contributed by atoms with van der Waals surface area (Å²) >= 11 is 7.46. The van der Waals surface area contributed by atoms with Crippen LogP contribution in [0, 0.1) is 0 Å². The molecule has 2 aromatic rings. The van der Waals surface area contributed by atoms with E-state index in [0.29, 0.717) is 10.7 Å². The second-order valence-corrected chi connectivity index (χ2v) is 4.72. The summed E-state index contributed by atoms with van der Waals surface area (Å²) in [7, 11) is 1.92. The summed E-state index contributed by atoms with van der Waals surface area (Å²) in [5.41, 5.74) is 7.45. The fourth-order valence-corrected chi connectivity index (χ4v) is 2.18. The van der Waals surface area contributed by atoms with Crippen LogP contribution in [0.4, 0.5) is 5.69 Å². The minimum atomic E-state index is 0.590. The number of nitrogens with zero attached hydrogens (tertiary/aromatic N) is 3. The van der Waals surface area contributed by atoms with Gasteiger partial charge in [-0.25, -0.2) is 0 Å². The monoisotopic (exact) mass is 254 g/mol. The number of benzene rings is 1. The number of anilines is 1. The lowest BCUT2D eigenvalue weighted by Gasteiger charge is -2.03. The van der Waals surface area contributed by atoms with Crippen LogP contribution in [0.5, 0.6) is 0 Å². The van der Waals surface area contributed by atoms with Crippen LogP contribution in [0.25, 0.3) is 0 Å². The lowest BCUT2D eigenvalue weighted by atomic mass is 10.2. The molecule has 4 nitrogen and oxygen atoms in total. The van der Waals surface area contributed by atoms with E-state index in [-0.39, 0.29) is 0 Å². The average Bonchev–Trinajstić information content (AvgIpc) is 2.66. The zero-order chi connectivity index (χ0) is 11.5. The molecule has 0 aliphatic rings. The molecule has 0 saturated heterocycles. The number of hydrogen-bond acceptors (Lipinski definition) is 4. The molecule has 6 heteroatoms. The van der Waals surface area contributed by atoms with Gasteiger partial charge in [-0.15, -0.1) is 10.2 Å². The Morgan fingerprint density at radius 2 is 2.31 bits per heavy atom. The fraction of sp³-hybridized carbons (Fsp3) is 0.200. The van der Waals surface area contributed by atoms with E-state index in [1.54, 1.807) is 18.1 Å². The number of aromatic nitrogens is 3. The molecule has 0 atom stereocenters. The van der Waals surface area contributed by atoms with E-state index in [2.05, 4.69) is 10.2 Å². The Labute approximate surface area is 103 Å². The van der Waals surface area contributed by atoms with Crippen molar-refractivity contribution in [1.82, 2.24) is 14.8 Å². The number of halogens is 1. The highest BCUT2D eigenvalue weighted by molar-refractivity contribution is 7.98. The topological polar surface area (TPSA) is 56.7 Å². The van der Waals surface area contributed by atoms with Gasteiger partial charge in [0.05, 0.1) is 10.7 Å². The SMILES string of the molecule is Cn1cnnc1SCc1ccc(Cl)c(N)c1. The van der Waals surface area contributed by atoms with Gasteiger partial charge in [-0.3, -0.25) is 0 Å². The third-order valence-corrected chi connectivity index (χ3v) is 3.55. The number of rotatable bonds is 3. The summed E-state index contributed by atoms with van der Waals surface area (Å²) in [6, 6.07) is 5.65. The van der Waals surface area contributed by atoms with Gasteiger partial charge in [0.2, 0.25) is 0 Å². The lowest BCUT2D eigenvalue weighted by molar-refractivity contribution is 0.788. The van der Waals surface area contributed by atoms with Crippen molar-refractivity contribution in [2.45, 2.75) is 10.9 Å². The van der Waals surface area contributed by atoms with Gasteiger partial charge in [0.15, 0.2) is 5.16 Å². The van der Waals surface area contributed by atoms with Crippen LogP contribution in [0.2, 0.25) is 5.02 Å². The molecule has 0 unspecified atom stereocenters. The van der Waals surface area contributed by atoms with Crippen LogP contribution in [0.15, 0.2) is 29.7 Å². The normalized spacial score (nSPS) is 10.6. The van der Waals surface area contributed by atoms with Gasteiger partial charge >= 0.3 is 0 Å². The number of hydrogen-bond donors (Lipinski definition) is 1. The van der Waals surface area contributed by atoms with Crippen LogP contribution in [-0.2, 0) is 12.8 Å². The Hall–Kier alpha value is -1.20. The standard InChI is InChI=1S/C10H11ClN4S/c1-15-6-13-14-10(15)16-5-7-2-3-8(11)9(12)4-7/h2-4,6H,5,12H2,1H3. The zero-order valence-corrected chi connectivity index (χ0v) is 10.3. The molecular formula is C10H11ClN4S. The van der Waals surface area contributed by atoms with Gasteiger partial charge < -0.3 is 10.3 Å². The van der Waals surface area contributed by atoms with Crippen molar-refractivity contribution in [3.63, 3.8) is 0 Å². The van der Waals surface area contributed by atoms with Crippen LogP contribution in [0.3, 0.4) is 0 Å². The molecule has 0 spiro atoms. The second-order valence-electron chi connectivity index (χ2n) is 3.37. The smallest absolute Gasteiger partial charge is 0.191 e. The largest absolute Gasteiger partial charge is 0.398 e. The van der Waals surface area contributed by atoms with E-state index in [9.17, 15) is 0 Å². The maximum Gasteiger partial charge on any atom is 0.191 e. The van der Waals surface area contributed by atoms with Crippen LogP contribution in [0.1, 0.15) is 5.56 Å². The van der Waals surface area contributed by atoms with Gasteiger partial charge in [0.1, 0.15) is 6.33 Å². The molecule has 0 fully saturated rings. The van der Waals surface area contributed by atoms with Gasteiger partial charge in [-0.1, -0.05) is 29.4 Å². The van der Waals surface area contributed by atoms with Crippen molar-refractivity contribution in [3.8, 4) is 0 Å². The highest BCUT2D eigenvalue weighted by atomic mass is 35.5. The Balaban J connectivity index is 2.05. The summed E-state index contributed by atoms with van der Waals surface area (Å²) in [6.07, 6.45) is 1.68. The Bertz CT molecular complexity index is 497. The molecule has 1 aromatic carbocycles. The van der Waals surface area contributed by atoms with E-state index in [1.165, 1.54) is 0 Å². The molecule has 0 aliphatic carbocycles. The highest BCUT2D eigenvalue weighted by Gasteiger charge is 2.03. The number of nitrogen functional groups attached to an aromatic ring is 1. The maximum absolute atomic E-state index is 5.85. The van der Waals surface area contributed by atoms with E-state index >= 15 is 0 Å². The first kappa shape index (κ1) is 11.3. The fourth-order valence-electron chi connectivity index (χ4n) is 1.23. The molecule has 84 valence electrons. The second kappa shape index (κ2) is 4.76. The van der Waals surface area contributed by atoms with Crippen molar-refractivity contribution in [2.75, 3.05) is 5.73 Å². The molecule has 0 saturated carbocycles. The molecule has 16 heavy (non-hydrogen) atoms. The minimum Gasteiger partial charge on any atom is -0.398 e. The van der Waals surface area contributed by atoms with Crippen molar-refractivity contribution >= 4 is 29.1 Å². The summed E-state index contributed by atoms with van der Waals surface area (Å²) < 4.78 is 1.88. The molecule has 0 radical (unpaired) electrons. The first-order chi connectivity index (χ1) is 7.66. The molecule has 0 aliphatic heterocycles. The predicted octanol–water partition coefficient (Wildman–Crippen LogP) is 2.34. The van der Waals surface area contributed by atoms with Crippen LogP contribution in [-0.4, -0.2) is 14.8 Å². The molecule has 0 amide bonds. The third kappa shape index (κ3) is 2.48. The number of nitrogens with two attached hydrogens (primary N) is 1. The highest BCUT2D eigenvalue weighted by Crippen LogP contribution is 2.24. The summed E-state index contributed by atoms with van der Waals surface area (Å²) in [5.74, 6) is 0.800. The van der Waals surface area contributed by atoms with Gasteiger partial charge in [0.25, 0.3) is 0 Å². The summed E-state index contributed by atoms with van der Waals surface area (Å²) in [5, 5.41) is 9.27. The quantitative estimate of drug-likeness (QED) is 0.675. The summed E-state index contributed by atoms with van der Waals surface area (Å²) in [6.45, 7) is 0. The zero-order valence-electron chi connectivity index (χ0n) is 8.72. The van der Waals surface area contributed by atoms with Gasteiger partial charge in [-0.05, 0) is 17.7 Å². The third-order valence-electron chi connectivity index (χ3n) is 2.10.